The van der Waals surface area contributed by atoms with E-state index in [1.54, 1.807) is 11.3 Å². The molecule has 1 fully saturated rings. The summed E-state index contributed by atoms with van der Waals surface area (Å²) < 4.78 is 0.983. The summed E-state index contributed by atoms with van der Waals surface area (Å²) in [5.74, 6) is -0.508. The second kappa shape index (κ2) is 5.50. The summed E-state index contributed by atoms with van der Waals surface area (Å²) in [4.78, 5) is 26.9. The van der Waals surface area contributed by atoms with Crippen molar-refractivity contribution >= 4 is 39.1 Å². The molecule has 0 N–H and O–H groups in total. The number of imide groups is 1. The maximum absolute atomic E-state index is 12.4. The molecule has 20 heavy (non-hydrogen) atoms. The molecule has 2 amide bonds. The molecule has 3 rings (SSSR count). The average Bonchev–Trinajstić information content (AvgIpc) is 2.98. The second-order valence-electron chi connectivity index (χ2n) is 4.72. The van der Waals surface area contributed by atoms with E-state index >= 15 is 0 Å². The highest BCUT2D eigenvalue weighted by atomic mass is 79.9. The van der Waals surface area contributed by atoms with E-state index in [-0.39, 0.29) is 24.2 Å². The summed E-state index contributed by atoms with van der Waals surface area (Å²) in [5.41, 5.74) is 0.917. The maximum Gasteiger partial charge on any atom is 0.237 e. The van der Waals surface area contributed by atoms with Gasteiger partial charge >= 0.3 is 0 Å². The molecule has 1 aromatic heterocycles. The molecule has 2 heterocycles. The quantitative estimate of drug-likeness (QED) is 0.794. The number of nitrogens with zero attached hydrogens (tertiary/aromatic N) is 1. The Bertz CT molecular complexity index is 653. The van der Waals surface area contributed by atoms with Gasteiger partial charge < -0.3 is 0 Å². The van der Waals surface area contributed by atoms with E-state index in [1.807, 2.05) is 41.8 Å². The van der Waals surface area contributed by atoms with Crippen molar-refractivity contribution in [3.05, 3.63) is 56.7 Å². The van der Waals surface area contributed by atoms with E-state index in [0.29, 0.717) is 6.54 Å². The van der Waals surface area contributed by atoms with Gasteiger partial charge in [-0.3, -0.25) is 14.5 Å². The van der Waals surface area contributed by atoms with E-state index in [4.69, 9.17) is 0 Å². The lowest BCUT2D eigenvalue weighted by atomic mass is 9.98. The zero-order valence-electron chi connectivity index (χ0n) is 10.6. The lowest BCUT2D eigenvalue weighted by Crippen LogP contribution is -2.29. The molecule has 2 aromatic rings. The molecule has 1 aliphatic rings. The van der Waals surface area contributed by atoms with Crippen LogP contribution in [0.25, 0.3) is 0 Å². The van der Waals surface area contributed by atoms with Crippen molar-refractivity contribution in [3.8, 4) is 0 Å². The maximum atomic E-state index is 12.4. The third-order valence-corrected chi connectivity index (χ3v) is 5.06. The number of amides is 2. The van der Waals surface area contributed by atoms with Gasteiger partial charge in [0.1, 0.15) is 0 Å². The van der Waals surface area contributed by atoms with Crippen molar-refractivity contribution in [1.82, 2.24) is 4.90 Å². The monoisotopic (exact) mass is 349 g/mol. The molecule has 0 saturated carbocycles. The Morgan fingerprint density at radius 1 is 1.25 bits per heavy atom. The number of hydrogen-bond acceptors (Lipinski definition) is 3. The van der Waals surface area contributed by atoms with Crippen molar-refractivity contribution in [3.63, 3.8) is 0 Å². The summed E-state index contributed by atoms with van der Waals surface area (Å²) >= 11 is 4.93. The first kappa shape index (κ1) is 13.5. The molecule has 1 aromatic carbocycles. The highest BCUT2D eigenvalue weighted by molar-refractivity contribution is 9.10. The summed E-state index contributed by atoms with van der Waals surface area (Å²) in [7, 11) is 0. The van der Waals surface area contributed by atoms with Crippen LogP contribution in [0.4, 0.5) is 0 Å². The molecule has 1 aliphatic heterocycles. The summed E-state index contributed by atoms with van der Waals surface area (Å²) in [5, 5.41) is 1.95. The molecule has 0 radical (unpaired) electrons. The largest absolute Gasteiger partial charge is 0.277 e. The summed E-state index contributed by atoms with van der Waals surface area (Å²) in [6.07, 6.45) is 0.273. The van der Waals surface area contributed by atoms with Gasteiger partial charge in [0.25, 0.3) is 0 Å². The van der Waals surface area contributed by atoms with Crippen LogP contribution in [0.5, 0.6) is 0 Å². The van der Waals surface area contributed by atoms with Crippen LogP contribution in [0.15, 0.2) is 46.3 Å². The Kier molecular flexibility index (Phi) is 3.72. The van der Waals surface area contributed by atoms with Crippen LogP contribution >= 0.6 is 27.3 Å². The van der Waals surface area contributed by atoms with Gasteiger partial charge in [-0.2, -0.15) is 0 Å². The second-order valence-corrected chi connectivity index (χ2v) is 6.63. The minimum atomic E-state index is -0.327. The first-order chi connectivity index (χ1) is 9.65. The lowest BCUT2D eigenvalue weighted by molar-refractivity contribution is -0.139. The van der Waals surface area contributed by atoms with Crippen molar-refractivity contribution in [2.45, 2.75) is 18.9 Å². The molecule has 0 spiro atoms. The highest BCUT2D eigenvalue weighted by Crippen LogP contribution is 2.31. The van der Waals surface area contributed by atoms with E-state index in [0.717, 1.165) is 14.9 Å². The van der Waals surface area contributed by atoms with Crippen LogP contribution in [-0.4, -0.2) is 16.7 Å². The Hall–Kier alpha value is -1.46. The van der Waals surface area contributed by atoms with Crippen LogP contribution in [0.2, 0.25) is 0 Å². The van der Waals surface area contributed by atoms with Crippen molar-refractivity contribution in [2.24, 2.45) is 0 Å². The number of carbonyl (C=O) groups is 2. The van der Waals surface area contributed by atoms with Crippen LogP contribution in [0.3, 0.4) is 0 Å². The normalized spacial score (nSPS) is 18.9. The molecule has 1 atom stereocenters. The third-order valence-electron chi connectivity index (χ3n) is 3.38. The van der Waals surface area contributed by atoms with Gasteiger partial charge in [0.15, 0.2) is 0 Å². The zero-order valence-corrected chi connectivity index (χ0v) is 13.0. The first-order valence-electron chi connectivity index (χ1n) is 6.27. The predicted molar refractivity (Wildman–Crippen MR) is 81.4 cm³/mol. The molecule has 102 valence electrons. The topological polar surface area (TPSA) is 37.4 Å². The summed E-state index contributed by atoms with van der Waals surface area (Å²) in [6, 6.07) is 11.5. The first-order valence-corrected chi connectivity index (χ1v) is 7.94. The van der Waals surface area contributed by atoms with Crippen molar-refractivity contribution < 1.29 is 9.59 Å². The Labute approximate surface area is 129 Å². The van der Waals surface area contributed by atoms with Gasteiger partial charge in [-0.15, -0.1) is 11.3 Å². The molecular formula is C15H12BrNO2S. The van der Waals surface area contributed by atoms with Crippen molar-refractivity contribution in [2.75, 3.05) is 0 Å². The average molecular weight is 350 g/mol. The van der Waals surface area contributed by atoms with Gasteiger partial charge in [0, 0.05) is 21.2 Å². The van der Waals surface area contributed by atoms with Crippen LogP contribution in [0.1, 0.15) is 22.8 Å². The number of likely N-dealkylation sites (tertiary alicyclic amines) is 1. The van der Waals surface area contributed by atoms with Gasteiger partial charge in [0.2, 0.25) is 11.8 Å². The molecule has 1 saturated heterocycles. The van der Waals surface area contributed by atoms with Gasteiger partial charge in [-0.25, -0.2) is 0 Å². The standard InChI is InChI=1S/C15H12BrNO2S/c16-11-6-12(20-9-11)8-17-14(18)7-13(15(17)19)10-4-2-1-3-5-10/h1-6,9,13H,7-8H2. The minimum Gasteiger partial charge on any atom is -0.277 e. The fourth-order valence-electron chi connectivity index (χ4n) is 2.39. The lowest BCUT2D eigenvalue weighted by Gasteiger charge is -2.13. The zero-order chi connectivity index (χ0) is 14.1. The Balaban J connectivity index is 1.80. The molecular weight excluding hydrogens is 338 g/mol. The molecule has 3 nitrogen and oxygen atoms in total. The number of rotatable bonds is 3. The molecule has 0 aliphatic carbocycles. The van der Waals surface area contributed by atoms with Gasteiger partial charge in [-0.05, 0) is 27.6 Å². The van der Waals surface area contributed by atoms with Gasteiger partial charge in [0.05, 0.1) is 12.5 Å². The number of carbonyl (C=O) groups excluding carboxylic acids is 2. The summed E-state index contributed by atoms with van der Waals surface area (Å²) in [6.45, 7) is 0.372. The van der Waals surface area contributed by atoms with Crippen molar-refractivity contribution in [1.29, 1.82) is 0 Å². The number of hydrogen-bond donors (Lipinski definition) is 0. The smallest absolute Gasteiger partial charge is 0.237 e. The minimum absolute atomic E-state index is 0.0895. The number of benzene rings is 1. The Morgan fingerprint density at radius 2 is 2.00 bits per heavy atom. The van der Waals surface area contributed by atoms with Crippen LogP contribution in [-0.2, 0) is 16.1 Å². The fraction of sp³-hybridized carbons (Fsp3) is 0.200. The number of thiophene rings is 1. The molecule has 5 heteroatoms. The van der Waals surface area contributed by atoms with E-state index in [9.17, 15) is 9.59 Å². The van der Waals surface area contributed by atoms with E-state index < -0.39 is 0 Å². The molecule has 1 unspecified atom stereocenters. The SMILES string of the molecule is O=C1CC(c2ccccc2)C(=O)N1Cc1cc(Br)cs1. The van der Waals surface area contributed by atoms with Crippen LogP contribution < -0.4 is 0 Å². The van der Waals surface area contributed by atoms with E-state index in [1.165, 1.54) is 4.90 Å². The number of halogens is 1. The van der Waals surface area contributed by atoms with Crippen LogP contribution in [0, 0.1) is 0 Å². The highest BCUT2D eigenvalue weighted by Gasteiger charge is 2.39. The third kappa shape index (κ3) is 2.55. The Morgan fingerprint density at radius 3 is 2.65 bits per heavy atom. The van der Waals surface area contributed by atoms with Gasteiger partial charge in [-0.1, -0.05) is 30.3 Å². The fourth-order valence-corrected chi connectivity index (χ4v) is 3.83. The molecule has 0 bridgehead atoms. The van der Waals surface area contributed by atoms with E-state index in [2.05, 4.69) is 15.9 Å². The predicted octanol–water partition coefficient (Wildman–Crippen LogP) is 3.55.